The minimum absolute atomic E-state index is 0.358. The van der Waals surface area contributed by atoms with E-state index in [1.54, 1.807) is 0 Å². The number of aliphatic hydroxyl groups excluding tert-OH is 1. The highest BCUT2D eigenvalue weighted by atomic mass is 16.3. The molecule has 0 aliphatic carbocycles. The number of nitrogens with zero attached hydrogens (tertiary/aromatic N) is 1. The SMILES string of the molecule is Cc1cccc(C(O)CN2CCC(C)(C)C2)c1. The van der Waals surface area contributed by atoms with Crippen molar-refractivity contribution in [3.05, 3.63) is 35.4 Å². The first-order chi connectivity index (χ1) is 7.96. The van der Waals surface area contributed by atoms with E-state index in [2.05, 4.69) is 37.8 Å². The molecule has 1 atom stereocenters. The third-order valence-corrected chi connectivity index (χ3v) is 3.61. The summed E-state index contributed by atoms with van der Waals surface area (Å²) in [5, 5.41) is 10.2. The highest BCUT2D eigenvalue weighted by Crippen LogP contribution is 2.30. The number of likely N-dealkylation sites (tertiary alicyclic amines) is 1. The van der Waals surface area contributed by atoms with Crippen LogP contribution in [0.3, 0.4) is 0 Å². The standard InChI is InChI=1S/C15H23NO/c1-12-5-4-6-13(9-12)14(17)10-16-8-7-15(2,3)11-16/h4-6,9,14,17H,7-8,10-11H2,1-3H3. The number of hydrogen-bond acceptors (Lipinski definition) is 2. The molecule has 1 aliphatic rings. The first-order valence-electron chi connectivity index (χ1n) is 6.43. The van der Waals surface area contributed by atoms with Gasteiger partial charge in [0.2, 0.25) is 0 Å². The second-order valence-corrected chi connectivity index (χ2v) is 6.08. The van der Waals surface area contributed by atoms with Crippen molar-refractivity contribution >= 4 is 0 Å². The third-order valence-electron chi connectivity index (χ3n) is 3.61. The van der Waals surface area contributed by atoms with Crippen molar-refractivity contribution in [2.45, 2.75) is 33.3 Å². The maximum atomic E-state index is 10.2. The molecule has 1 aliphatic heterocycles. The smallest absolute Gasteiger partial charge is 0.0917 e. The van der Waals surface area contributed by atoms with E-state index in [1.807, 2.05) is 12.1 Å². The molecule has 0 saturated carbocycles. The molecule has 2 nitrogen and oxygen atoms in total. The van der Waals surface area contributed by atoms with Gasteiger partial charge in [0.05, 0.1) is 6.10 Å². The van der Waals surface area contributed by atoms with E-state index in [9.17, 15) is 5.11 Å². The van der Waals surface area contributed by atoms with Crippen molar-refractivity contribution < 1.29 is 5.11 Å². The molecule has 0 spiro atoms. The van der Waals surface area contributed by atoms with Crippen LogP contribution in [-0.2, 0) is 0 Å². The number of β-amino-alcohol motifs (C(OH)–C–C–N with tert-alkyl or cyclic N) is 1. The molecular formula is C15H23NO. The molecule has 1 heterocycles. The van der Waals surface area contributed by atoms with Gasteiger partial charge in [-0.15, -0.1) is 0 Å². The molecule has 1 fully saturated rings. The van der Waals surface area contributed by atoms with Crippen molar-refractivity contribution in [2.75, 3.05) is 19.6 Å². The van der Waals surface area contributed by atoms with Crippen LogP contribution in [0.2, 0.25) is 0 Å². The summed E-state index contributed by atoms with van der Waals surface area (Å²) in [5.41, 5.74) is 2.66. The Morgan fingerprint density at radius 1 is 1.41 bits per heavy atom. The van der Waals surface area contributed by atoms with Gasteiger partial charge < -0.3 is 5.11 Å². The van der Waals surface area contributed by atoms with Gasteiger partial charge in [0, 0.05) is 13.1 Å². The summed E-state index contributed by atoms with van der Waals surface area (Å²) in [6.45, 7) is 9.62. The van der Waals surface area contributed by atoms with E-state index >= 15 is 0 Å². The highest BCUT2D eigenvalue weighted by Gasteiger charge is 2.30. The van der Waals surface area contributed by atoms with Gasteiger partial charge in [-0.05, 0) is 30.9 Å². The Morgan fingerprint density at radius 2 is 2.18 bits per heavy atom. The second-order valence-electron chi connectivity index (χ2n) is 6.08. The largest absolute Gasteiger partial charge is 0.387 e. The van der Waals surface area contributed by atoms with Crippen LogP contribution in [0.5, 0.6) is 0 Å². The average molecular weight is 233 g/mol. The summed E-state index contributed by atoms with van der Waals surface area (Å²) in [6, 6.07) is 8.17. The summed E-state index contributed by atoms with van der Waals surface area (Å²) in [6.07, 6.45) is 0.872. The van der Waals surface area contributed by atoms with E-state index in [1.165, 1.54) is 12.0 Å². The fourth-order valence-electron chi connectivity index (χ4n) is 2.61. The summed E-state index contributed by atoms with van der Waals surface area (Å²) in [5.74, 6) is 0. The third kappa shape index (κ3) is 3.30. The Hall–Kier alpha value is -0.860. The Bertz CT molecular complexity index is 386. The van der Waals surface area contributed by atoms with Crippen molar-refractivity contribution in [3.8, 4) is 0 Å². The van der Waals surface area contributed by atoms with Crippen molar-refractivity contribution in [1.82, 2.24) is 4.90 Å². The van der Waals surface area contributed by atoms with Crippen LogP contribution < -0.4 is 0 Å². The number of hydrogen-bond donors (Lipinski definition) is 1. The fraction of sp³-hybridized carbons (Fsp3) is 0.600. The molecule has 0 aromatic heterocycles. The Balaban J connectivity index is 1.96. The van der Waals surface area contributed by atoms with Gasteiger partial charge in [0.25, 0.3) is 0 Å². The first-order valence-corrected chi connectivity index (χ1v) is 6.43. The molecule has 2 heteroatoms. The predicted molar refractivity (Wildman–Crippen MR) is 71.0 cm³/mol. The summed E-state index contributed by atoms with van der Waals surface area (Å²) in [7, 11) is 0. The zero-order valence-corrected chi connectivity index (χ0v) is 11.1. The molecule has 0 bridgehead atoms. The van der Waals surface area contributed by atoms with E-state index in [0.29, 0.717) is 5.41 Å². The van der Waals surface area contributed by atoms with E-state index < -0.39 is 0 Å². The lowest BCUT2D eigenvalue weighted by molar-refractivity contribution is 0.121. The van der Waals surface area contributed by atoms with Crippen LogP contribution in [0, 0.1) is 12.3 Å². The molecule has 17 heavy (non-hydrogen) atoms. The fourth-order valence-corrected chi connectivity index (χ4v) is 2.61. The minimum atomic E-state index is -0.358. The number of benzene rings is 1. The molecule has 0 amide bonds. The lowest BCUT2D eigenvalue weighted by Crippen LogP contribution is -2.28. The molecule has 2 rings (SSSR count). The zero-order chi connectivity index (χ0) is 12.5. The van der Waals surface area contributed by atoms with Gasteiger partial charge in [-0.2, -0.15) is 0 Å². The lowest BCUT2D eigenvalue weighted by atomic mass is 9.93. The first kappa shape index (κ1) is 12.6. The van der Waals surface area contributed by atoms with Gasteiger partial charge in [-0.25, -0.2) is 0 Å². The van der Waals surface area contributed by atoms with Crippen molar-refractivity contribution in [2.24, 2.45) is 5.41 Å². The van der Waals surface area contributed by atoms with Crippen LogP contribution in [0.1, 0.15) is 37.5 Å². The van der Waals surface area contributed by atoms with Gasteiger partial charge in [0.15, 0.2) is 0 Å². The number of aliphatic hydroxyl groups is 1. The molecule has 1 aromatic rings. The summed E-state index contributed by atoms with van der Waals surface area (Å²) >= 11 is 0. The van der Waals surface area contributed by atoms with Crippen LogP contribution in [0.25, 0.3) is 0 Å². The quantitative estimate of drug-likeness (QED) is 0.867. The Labute approximate surface area is 104 Å². The van der Waals surface area contributed by atoms with E-state index in [4.69, 9.17) is 0 Å². The van der Waals surface area contributed by atoms with Gasteiger partial charge >= 0.3 is 0 Å². The zero-order valence-electron chi connectivity index (χ0n) is 11.1. The molecule has 1 aromatic carbocycles. The Kier molecular flexibility index (Phi) is 3.55. The molecule has 1 N–H and O–H groups in total. The van der Waals surface area contributed by atoms with Gasteiger partial charge in [-0.3, -0.25) is 4.90 Å². The van der Waals surface area contributed by atoms with Crippen molar-refractivity contribution in [1.29, 1.82) is 0 Å². The molecule has 1 saturated heterocycles. The normalized spacial score (nSPS) is 21.6. The molecule has 0 radical (unpaired) electrons. The molecule has 94 valence electrons. The highest BCUT2D eigenvalue weighted by molar-refractivity contribution is 5.24. The number of rotatable bonds is 3. The predicted octanol–water partition coefficient (Wildman–Crippen LogP) is 2.76. The van der Waals surface area contributed by atoms with Crippen LogP contribution in [-0.4, -0.2) is 29.6 Å². The van der Waals surface area contributed by atoms with Crippen molar-refractivity contribution in [3.63, 3.8) is 0 Å². The summed E-state index contributed by atoms with van der Waals surface area (Å²) in [4.78, 5) is 2.37. The van der Waals surface area contributed by atoms with E-state index in [0.717, 1.165) is 25.2 Å². The van der Waals surface area contributed by atoms with Gasteiger partial charge in [0.1, 0.15) is 0 Å². The maximum Gasteiger partial charge on any atom is 0.0917 e. The van der Waals surface area contributed by atoms with Gasteiger partial charge in [-0.1, -0.05) is 43.7 Å². The van der Waals surface area contributed by atoms with E-state index in [-0.39, 0.29) is 6.10 Å². The monoisotopic (exact) mass is 233 g/mol. The lowest BCUT2D eigenvalue weighted by Gasteiger charge is -2.22. The molecular weight excluding hydrogens is 210 g/mol. The van der Waals surface area contributed by atoms with Crippen LogP contribution in [0.15, 0.2) is 24.3 Å². The second kappa shape index (κ2) is 4.79. The average Bonchev–Trinajstić information content (AvgIpc) is 2.58. The minimum Gasteiger partial charge on any atom is -0.387 e. The Morgan fingerprint density at radius 3 is 2.76 bits per heavy atom. The summed E-state index contributed by atoms with van der Waals surface area (Å²) < 4.78 is 0. The number of aryl methyl sites for hydroxylation is 1. The topological polar surface area (TPSA) is 23.5 Å². The maximum absolute atomic E-state index is 10.2. The van der Waals surface area contributed by atoms with Crippen LogP contribution in [0.4, 0.5) is 0 Å². The molecule has 1 unspecified atom stereocenters. The van der Waals surface area contributed by atoms with Crippen LogP contribution >= 0.6 is 0 Å².